The van der Waals surface area contributed by atoms with Crippen molar-refractivity contribution in [1.29, 1.82) is 0 Å². The quantitative estimate of drug-likeness (QED) is 0.647. The van der Waals surface area contributed by atoms with Crippen LogP contribution in [0.5, 0.6) is 0 Å². The standard InChI is InChI=1S/C14H22N2O2S2/c1-2-12-7-8-16(11-12)20(17,18)10-9-19-14-5-3-13(15)4-6-14/h3-6,12H,2,7-11,15H2,1H3. The van der Waals surface area contributed by atoms with Crippen LogP contribution in [0.25, 0.3) is 0 Å². The van der Waals surface area contributed by atoms with E-state index >= 15 is 0 Å². The second-order valence-electron chi connectivity index (χ2n) is 5.15. The van der Waals surface area contributed by atoms with E-state index in [1.54, 1.807) is 16.1 Å². The van der Waals surface area contributed by atoms with Gasteiger partial charge in [-0.15, -0.1) is 11.8 Å². The highest BCUT2D eigenvalue weighted by Crippen LogP contribution is 2.24. The van der Waals surface area contributed by atoms with Crippen LogP contribution in [0, 0.1) is 5.92 Å². The third-order valence-electron chi connectivity index (χ3n) is 3.71. The van der Waals surface area contributed by atoms with Crippen molar-refractivity contribution in [3.8, 4) is 0 Å². The van der Waals surface area contributed by atoms with Gasteiger partial charge in [-0.1, -0.05) is 13.3 Å². The number of hydrogen-bond donors (Lipinski definition) is 1. The summed E-state index contributed by atoms with van der Waals surface area (Å²) in [4.78, 5) is 1.06. The van der Waals surface area contributed by atoms with Gasteiger partial charge in [0.15, 0.2) is 0 Å². The van der Waals surface area contributed by atoms with Gasteiger partial charge in [0.1, 0.15) is 0 Å². The molecule has 1 aliphatic rings. The molecule has 2 N–H and O–H groups in total. The zero-order chi connectivity index (χ0) is 14.6. The molecule has 0 bridgehead atoms. The fourth-order valence-corrected chi connectivity index (χ4v) is 5.16. The van der Waals surface area contributed by atoms with Crippen LogP contribution in [0.15, 0.2) is 29.2 Å². The number of nitrogen functional groups attached to an aromatic ring is 1. The Hall–Kier alpha value is -0.720. The van der Waals surface area contributed by atoms with E-state index in [4.69, 9.17) is 5.73 Å². The molecule has 0 aliphatic carbocycles. The Morgan fingerprint density at radius 1 is 1.35 bits per heavy atom. The highest BCUT2D eigenvalue weighted by Gasteiger charge is 2.29. The maximum absolute atomic E-state index is 12.2. The van der Waals surface area contributed by atoms with E-state index in [0.29, 0.717) is 24.8 Å². The van der Waals surface area contributed by atoms with E-state index in [2.05, 4.69) is 6.92 Å². The lowest BCUT2D eigenvalue weighted by molar-refractivity contribution is 0.454. The molecule has 6 heteroatoms. The predicted octanol–water partition coefficient (Wildman–Crippen LogP) is 2.42. The number of nitrogens with zero attached hydrogens (tertiary/aromatic N) is 1. The minimum absolute atomic E-state index is 0.207. The molecular formula is C14H22N2O2S2. The topological polar surface area (TPSA) is 63.4 Å². The van der Waals surface area contributed by atoms with E-state index in [9.17, 15) is 8.42 Å². The molecular weight excluding hydrogens is 292 g/mol. The Labute approximate surface area is 125 Å². The first-order valence-electron chi connectivity index (χ1n) is 6.97. The van der Waals surface area contributed by atoms with Crippen molar-refractivity contribution < 1.29 is 8.42 Å². The average Bonchev–Trinajstić information content (AvgIpc) is 2.90. The van der Waals surface area contributed by atoms with Gasteiger partial charge in [-0.25, -0.2) is 12.7 Å². The molecule has 0 radical (unpaired) electrons. The summed E-state index contributed by atoms with van der Waals surface area (Å²) in [7, 11) is -3.09. The van der Waals surface area contributed by atoms with Gasteiger partial charge >= 0.3 is 0 Å². The molecule has 1 aromatic carbocycles. The Kier molecular flexibility index (Phi) is 5.35. The highest BCUT2D eigenvalue weighted by atomic mass is 32.2. The van der Waals surface area contributed by atoms with Gasteiger partial charge in [0.05, 0.1) is 5.75 Å². The van der Waals surface area contributed by atoms with E-state index in [-0.39, 0.29) is 5.75 Å². The molecule has 4 nitrogen and oxygen atoms in total. The molecule has 0 amide bonds. The van der Waals surface area contributed by atoms with Crippen molar-refractivity contribution in [2.45, 2.75) is 24.7 Å². The second kappa shape index (κ2) is 6.83. The van der Waals surface area contributed by atoms with Gasteiger partial charge in [0, 0.05) is 29.4 Å². The maximum Gasteiger partial charge on any atom is 0.214 e. The van der Waals surface area contributed by atoms with Crippen molar-refractivity contribution in [1.82, 2.24) is 4.31 Å². The van der Waals surface area contributed by atoms with Crippen LogP contribution >= 0.6 is 11.8 Å². The van der Waals surface area contributed by atoms with Crippen LogP contribution in [0.3, 0.4) is 0 Å². The largest absolute Gasteiger partial charge is 0.399 e. The normalized spacial score (nSPS) is 20.4. The van der Waals surface area contributed by atoms with Gasteiger partial charge in [-0.2, -0.15) is 0 Å². The first-order chi connectivity index (χ1) is 9.51. The number of nitrogens with two attached hydrogens (primary N) is 1. The molecule has 0 saturated carbocycles. The molecule has 0 aromatic heterocycles. The number of anilines is 1. The summed E-state index contributed by atoms with van der Waals surface area (Å²) in [6.45, 7) is 3.51. The molecule has 1 aliphatic heterocycles. The third kappa shape index (κ3) is 4.14. The molecule has 112 valence electrons. The number of rotatable bonds is 6. The molecule has 1 aromatic rings. The zero-order valence-corrected chi connectivity index (χ0v) is 13.4. The van der Waals surface area contributed by atoms with E-state index in [1.165, 1.54) is 0 Å². The van der Waals surface area contributed by atoms with Crippen LogP contribution in [-0.2, 0) is 10.0 Å². The Balaban J connectivity index is 1.82. The molecule has 1 heterocycles. The van der Waals surface area contributed by atoms with Gasteiger partial charge in [0.25, 0.3) is 0 Å². The second-order valence-corrected chi connectivity index (χ2v) is 8.41. The average molecular weight is 314 g/mol. The minimum Gasteiger partial charge on any atom is -0.399 e. The molecule has 1 saturated heterocycles. The maximum atomic E-state index is 12.2. The molecule has 20 heavy (non-hydrogen) atoms. The molecule has 1 fully saturated rings. The Morgan fingerprint density at radius 2 is 2.05 bits per heavy atom. The van der Waals surface area contributed by atoms with Crippen molar-refractivity contribution in [2.24, 2.45) is 5.92 Å². The Morgan fingerprint density at radius 3 is 2.65 bits per heavy atom. The van der Waals surface area contributed by atoms with Crippen LogP contribution in [0.2, 0.25) is 0 Å². The van der Waals surface area contributed by atoms with Crippen molar-refractivity contribution in [3.63, 3.8) is 0 Å². The molecule has 2 rings (SSSR count). The highest BCUT2D eigenvalue weighted by molar-refractivity contribution is 8.00. The smallest absolute Gasteiger partial charge is 0.214 e. The lowest BCUT2D eigenvalue weighted by atomic mass is 10.1. The van der Waals surface area contributed by atoms with E-state index < -0.39 is 10.0 Å². The zero-order valence-electron chi connectivity index (χ0n) is 11.8. The van der Waals surface area contributed by atoms with Crippen LogP contribution < -0.4 is 5.73 Å². The number of hydrogen-bond acceptors (Lipinski definition) is 4. The van der Waals surface area contributed by atoms with E-state index in [0.717, 1.165) is 23.4 Å². The monoisotopic (exact) mass is 314 g/mol. The SMILES string of the molecule is CCC1CCN(S(=O)(=O)CCSc2ccc(N)cc2)C1. The minimum atomic E-state index is -3.09. The van der Waals surface area contributed by atoms with Gasteiger partial charge in [-0.3, -0.25) is 0 Å². The number of benzene rings is 1. The summed E-state index contributed by atoms with van der Waals surface area (Å²) >= 11 is 1.56. The lowest BCUT2D eigenvalue weighted by Crippen LogP contribution is -2.31. The van der Waals surface area contributed by atoms with Gasteiger partial charge < -0.3 is 5.73 Å². The first kappa shape index (κ1) is 15.7. The van der Waals surface area contributed by atoms with Crippen molar-refractivity contribution in [3.05, 3.63) is 24.3 Å². The van der Waals surface area contributed by atoms with Gasteiger partial charge in [-0.05, 0) is 36.6 Å². The summed E-state index contributed by atoms with van der Waals surface area (Å²) in [5, 5.41) is 0. The summed E-state index contributed by atoms with van der Waals surface area (Å²) in [6, 6.07) is 7.53. The summed E-state index contributed by atoms with van der Waals surface area (Å²) < 4.78 is 26.1. The predicted molar refractivity (Wildman–Crippen MR) is 85.3 cm³/mol. The summed E-state index contributed by atoms with van der Waals surface area (Å²) in [6.07, 6.45) is 2.06. The fourth-order valence-electron chi connectivity index (χ4n) is 2.34. The third-order valence-corrected chi connectivity index (χ3v) is 6.82. The van der Waals surface area contributed by atoms with Crippen LogP contribution in [0.1, 0.15) is 19.8 Å². The Bertz CT molecular complexity index is 529. The van der Waals surface area contributed by atoms with Crippen LogP contribution in [0.4, 0.5) is 5.69 Å². The first-order valence-corrected chi connectivity index (χ1v) is 9.57. The van der Waals surface area contributed by atoms with E-state index in [1.807, 2.05) is 24.3 Å². The molecule has 1 atom stereocenters. The van der Waals surface area contributed by atoms with Gasteiger partial charge in [0.2, 0.25) is 10.0 Å². The van der Waals surface area contributed by atoms with Crippen molar-refractivity contribution >= 4 is 27.5 Å². The van der Waals surface area contributed by atoms with Crippen molar-refractivity contribution in [2.75, 3.05) is 30.3 Å². The lowest BCUT2D eigenvalue weighted by Gasteiger charge is -2.16. The fraction of sp³-hybridized carbons (Fsp3) is 0.571. The van der Waals surface area contributed by atoms with Crippen LogP contribution in [-0.4, -0.2) is 37.3 Å². The molecule has 0 spiro atoms. The molecule has 1 unspecified atom stereocenters. The summed E-state index contributed by atoms with van der Waals surface area (Å²) in [5.74, 6) is 1.33. The summed E-state index contributed by atoms with van der Waals surface area (Å²) in [5.41, 5.74) is 6.35. The number of sulfonamides is 1. The number of thioether (sulfide) groups is 1.